The predicted molar refractivity (Wildman–Crippen MR) is 97.3 cm³/mol. The van der Waals surface area contributed by atoms with Gasteiger partial charge in [0.15, 0.2) is 11.5 Å². The van der Waals surface area contributed by atoms with Gasteiger partial charge in [-0.1, -0.05) is 6.07 Å². The van der Waals surface area contributed by atoms with Crippen LogP contribution in [0.15, 0.2) is 42.5 Å². The van der Waals surface area contributed by atoms with E-state index in [1.807, 2.05) is 0 Å². The molecule has 1 saturated heterocycles. The fourth-order valence-corrected chi connectivity index (χ4v) is 4.69. The van der Waals surface area contributed by atoms with E-state index in [1.165, 1.54) is 4.31 Å². The quantitative estimate of drug-likeness (QED) is 0.893. The van der Waals surface area contributed by atoms with E-state index in [4.69, 9.17) is 9.47 Å². The first kappa shape index (κ1) is 16.7. The molecule has 2 heterocycles. The van der Waals surface area contributed by atoms with Crippen molar-refractivity contribution >= 4 is 27.3 Å². The molecule has 1 N–H and O–H groups in total. The molecule has 0 saturated carbocycles. The fraction of sp³-hybridized carbons (Fsp3) is 0.278. The van der Waals surface area contributed by atoms with Crippen LogP contribution in [0.3, 0.4) is 0 Å². The number of sulfonamides is 1. The summed E-state index contributed by atoms with van der Waals surface area (Å²) in [4.78, 5) is 12.6. The van der Waals surface area contributed by atoms with Crippen LogP contribution in [0.4, 0.5) is 11.4 Å². The van der Waals surface area contributed by atoms with E-state index < -0.39 is 10.0 Å². The smallest absolute Gasteiger partial charge is 0.255 e. The average molecular weight is 374 g/mol. The maximum Gasteiger partial charge on any atom is 0.255 e. The zero-order valence-corrected chi connectivity index (χ0v) is 14.8. The molecule has 2 aromatic rings. The molecule has 0 aromatic heterocycles. The lowest BCUT2D eigenvalue weighted by Gasteiger charge is -2.28. The number of anilines is 2. The van der Waals surface area contributed by atoms with Crippen molar-refractivity contribution in [2.45, 2.75) is 12.8 Å². The Kier molecular flexibility index (Phi) is 4.20. The minimum absolute atomic E-state index is 0.140. The van der Waals surface area contributed by atoms with Gasteiger partial charge >= 0.3 is 0 Å². The summed E-state index contributed by atoms with van der Waals surface area (Å²) >= 11 is 0. The normalized spacial score (nSPS) is 17.8. The number of carbonyl (C=O) groups excluding carboxylic acids is 1. The molecule has 1 fully saturated rings. The summed E-state index contributed by atoms with van der Waals surface area (Å²) < 4.78 is 36.5. The minimum atomic E-state index is -3.31. The van der Waals surface area contributed by atoms with Crippen molar-refractivity contribution in [1.29, 1.82) is 0 Å². The number of hydrogen-bond acceptors (Lipinski definition) is 5. The Morgan fingerprint density at radius 3 is 2.73 bits per heavy atom. The summed E-state index contributed by atoms with van der Waals surface area (Å²) in [7, 11) is -3.31. The zero-order chi connectivity index (χ0) is 18.1. The van der Waals surface area contributed by atoms with Gasteiger partial charge in [-0.25, -0.2) is 8.42 Å². The first-order chi connectivity index (χ1) is 12.5. The number of nitrogens with one attached hydrogen (secondary N) is 1. The lowest BCUT2D eigenvalue weighted by atomic mass is 10.1. The number of fused-ring (bicyclic) bond motifs is 1. The van der Waals surface area contributed by atoms with Crippen molar-refractivity contribution in [2.75, 3.05) is 28.7 Å². The highest BCUT2D eigenvalue weighted by Gasteiger charge is 2.26. The van der Waals surface area contributed by atoms with Gasteiger partial charge in [0.2, 0.25) is 16.8 Å². The molecule has 0 radical (unpaired) electrons. The van der Waals surface area contributed by atoms with E-state index >= 15 is 0 Å². The van der Waals surface area contributed by atoms with Crippen molar-refractivity contribution in [2.24, 2.45) is 0 Å². The molecule has 0 atom stereocenters. The van der Waals surface area contributed by atoms with Gasteiger partial charge in [0.25, 0.3) is 5.91 Å². The summed E-state index contributed by atoms with van der Waals surface area (Å²) in [5.74, 6) is 1.04. The van der Waals surface area contributed by atoms with Gasteiger partial charge in [0, 0.05) is 23.9 Å². The van der Waals surface area contributed by atoms with E-state index in [1.54, 1.807) is 42.5 Å². The summed E-state index contributed by atoms with van der Waals surface area (Å²) in [5, 5.41) is 2.80. The molecule has 7 nitrogen and oxygen atoms in total. The van der Waals surface area contributed by atoms with Gasteiger partial charge in [-0.3, -0.25) is 9.10 Å². The number of ether oxygens (including phenoxy) is 2. The first-order valence-corrected chi connectivity index (χ1v) is 9.95. The lowest BCUT2D eigenvalue weighted by Crippen LogP contribution is -2.37. The van der Waals surface area contributed by atoms with E-state index in [9.17, 15) is 13.2 Å². The highest BCUT2D eigenvalue weighted by molar-refractivity contribution is 7.92. The topological polar surface area (TPSA) is 84.9 Å². The number of amides is 1. The Bertz CT molecular complexity index is 958. The van der Waals surface area contributed by atoms with Crippen LogP contribution in [0.5, 0.6) is 11.5 Å². The number of benzene rings is 2. The molecular weight excluding hydrogens is 356 g/mol. The molecule has 136 valence electrons. The summed E-state index contributed by atoms with van der Waals surface area (Å²) in [6, 6.07) is 11.8. The summed E-state index contributed by atoms with van der Waals surface area (Å²) in [5.41, 5.74) is 1.49. The highest BCUT2D eigenvalue weighted by Crippen LogP contribution is 2.34. The molecule has 4 rings (SSSR count). The summed E-state index contributed by atoms with van der Waals surface area (Å²) in [6.45, 7) is 0.606. The van der Waals surface area contributed by atoms with Crippen LogP contribution in [0.2, 0.25) is 0 Å². The standard InChI is InChI=1S/C18H18N2O5S/c21-18(19-14-6-7-16-17(11-14)25-12-24-16)13-4-3-5-15(10-13)20-8-1-2-9-26(20,22)23/h3-7,10-11H,1-2,8-9,12H2,(H,19,21). The number of carbonyl (C=O) groups is 1. The van der Waals surface area contributed by atoms with Crippen LogP contribution in [-0.4, -0.2) is 33.4 Å². The minimum Gasteiger partial charge on any atom is -0.454 e. The van der Waals surface area contributed by atoms with Crippen molar-refractivity contribution in [1.82, 2.24) is 0 Å². The van der Waals surface area contributed by atoms with Crippen LogP contribution in [0.1, 0.15) is 23.2 Å². The third-order valence-electron chi connectivity index (χ3n) is 4.38. The molecule has 2 aliphatic heterocycles. The Balaban J connectivity index is 1.55. The largest absolute Gasteiger partial charge is 0.454 e. The van der Waals surface area contributed by atoms with Gasteiger partial charge in [0.1, 0.15) is 0 Å². The summed E-state index contributed by atoms with van der Waals surface area (Å²) in [6.07, 6.45) is 1.48. The highest BCUT2D eigenvalue weighted by atomic mass is 32.2. The molecule has 0 bridgehead atoms. The zero-order valence-electron chi connectivity index (χ0n) is 14.0. The van der Waals surface area contributed by atoms with Crippen molar-refractivity contribution in [3.8, 4) is 11.5 Å². The van der Waals surface area contributed by atoms with E-state index in [2.05, 4.69) is 5.32 Å². The molecule has 2 aromatic carbocycles. The molecule has 0 unspecified atom stereocenters. The first-order valence-electron chi connectivity index (χ1n) is 8.34. The number of rotatable bonds is 3. The third kappa shape index (κ3) is 3.20. The predicted octanol–water partition coefficient (Wildman–Crippen LogP) is 2.60. The van der Waals surface area contributed by atoms with E-state index in [0.29, 0.717) is 41.4 Å². The Labute approximate surface area is 151 Å². The Morgan fingerprint density at radius 2 is 1.88 bits per heavy atom. The molecular formula is C18H18N2O5S. The van der Waals surface area contributed by atoms with Crippen LogP contribution in [0.25, 0.3) is 0 Å². The van der Waals surface area contributed by atoms with E-state index in [0.717, 1.165) is 6.42 Å². The van der Waals surface area contributed by atoms with Gasteiger partial charge < -0.3 is 14.8 Å². The molecule has 8 heteroatoms. The Hall–Kier alpha value is -2.74. The molecule has 1 amide bonds. The van der Waals surface area contributed by atoms with Gasteiger partial charge in [0.05, 0.1) is 11.4 Å². The van der Waals surface area contributed by atoms with Crippen LogP contribution in [-0.2, 0) is 10.0 Å². The average Bonchev–Trinajstić information content (AvgIpc) is 3.09. The van der Waals surface area contributed by atoms with Crippen molar-refractivity contribution < 1.29 is 22.7 Å². The second-order valence-electron chi connectivity index (χ2n) is 6.17. The van der Waals surface area contributed by atoms with Gasteiger partial charge in [-0.15, -0.1) is 0 Å². The third-order valence-corrected chi connectivity index (χ3v) is 6.25. The molecule has 2 aliphatic rings. The van der Waals surface area contributed by atoms with E-state index in [-0.39, 0.29) is 18.5 Å². The maximum absolute atomic E-state index is 12.6. The monoisotopic (exact) mass is 374 g/mol. The Morgan fingerprint density at radius 1 is 1.04 bits per heavy atom. The number of nitrogens with zero attached hydrogens (tertiary/aromatic N) is 1. The van der Waals surface area contributed by atoms with Crippen LogP contribution in [0, 0.1) is 0 Å². The second kappa shape index (κ2) is 6.53. The molecule has 0 aliphatic carbocycles. The lowest BCUT2D eigenvalue weighted by molar-refractivity contribution is 0.102. The van der Waals surface area contributed by atoms with Gasteiger partial charge in [-0.05, 0) is 43.2 Å². The van der Waals surface area contributed by atoms with Crippen molar-refractivity contribution in [3.05, 3.63) is 48.0 Å². The van der Waals surface area contributed by atoms with Gasteiger partial charge in [-0.2, -0.15) is 0 Å². The SMILES string of the molecule is O=C(Nc1ccc2c(c1)OCO2)c1cccc(N2CCCCS2(=O)=O)c1. The molecule has 0 spiro atoms. The molecule has 26 heavy (non-hydrogen) atoms. The fourth-order valence-electron chi connectivity index (χ4n) is 3.06. The number of hydrogen-bond donors (Lipinski definition) is 1. The second-order valence-corrected chi connectivity index (χ2v) is 8.18. The van der Waals surface area contributed by atoms with Crippen LogP contribution < -0.4 is 19.1 Å². The van der Waals surface area contributed by atoms with Crippen LogP contribution >= 0.6 is 0 Å². The maximum atomic E-state index is 12.6. The van der Waals surface area contributed by atoms with Crippen molar-refractivity contribution in [3.63, 3.8) is 0 Å².